The molecule has 7 heteroatoms. The molecule has 0 bridgehead atoms. The fourth-order valence-corrected chi connectivity index (χ4v) is 3.64. The van der Waals surface area contributed by atoms with Crippen LogP contribution in [-0.2, 0) is 10.0 Å². The molecule has 1 N–H and O–H groups in total. The van der Waals surface area contributed by atoms with Crippen molar-refractivity contribution in [1.29, 1.82) is 5.26 Å². The lowest BCUT2D eigenvalue weighted by molar-refractivity contribution is 0.149. The molecule has 0 spiro atoms. The summed E-state index contributed by atoms with van der Waals surface area (Å²) in [4.78, 5) is 0. The van der Waals surface area contributed by atoms with Crippen LogP contribution in [0.15, 0.2) is 48.0 Å². The highest BCUT2D eigenvalue weighted by atomic mass is 35.5. The number of fused-ring (bicyclic) bond motifs is 1. The van der Waals surface area contributed by atoms with Crippen molar-refractivity contribution in [2.24, 2.45) is 0 Å². The maximum absolute atomic E-state index is 11.5. The molecule has 134 valence electrons. The Balaban J connectivity index is 2.23. The molecule has 0 saturated heterocycles. The number of benzene rings is 2. The van der Waals surface area contributed by atoms with Crippen molar-refractivity contribution in [2.75, 3.05) is 11.0 Å². The first-order valence-corrected chi connectivity index (χ1v) is 10.1. The second-order valence-electron chi connectivity index (χ2n) is 6.57. The highest BCUT2D eigenvalue weighted by Crippen LogP contribution is 2.44. The van der Waals surface area contributed by atoms with Crippen LogP contribution >= 0.6 is 11.6 Å². The molecule has 0 radical (unpaired) electrons. The number of hydrogen-bond donors (Lipinski definition) is 1. The minimum absolute atomic E-state index is 0.401. The predicted molar refractivity (Wildman–Crippen MR) is 103 cm³/mol. The number of hydrogen-bond acceptors (Lipinski definition) is 4. The fourth-order valence-electron chi connectivity index (χ4n) is 2.96. The highest BCUT2D eigenvalue weighted by Gasteiger charge is 2.36. The quantitative estimate of drug-likeness (QED) is 0.854. The van der Waals surface area contributed by atoms with E-state index < -0.39 is 15.6 Å². The molecule has 0 unspecified atom stereocenters. The molecule has 0 aliphatic carbocycles. The zero-order valence-corrected chi connectivity index (χ0v) is 16.1. The van der Waals surface area contributed by atoms with Crippen molar-refractivity contribution >= 4 is 32.9 Å². The van der Waals surface area contributed by atoms with Crippen LogP contribution < -0.4 is 9.46 Å². The van der Waals surface area contributed by atoms with Crippen molar-refractivity contribution < 1.29 is 13.2 Å². The van der Waals surface area contributed by atoms with E-state index >= 15 is 0 Å². The lowest BCUT2D eigenvalue weighted by Gasteiger charge is -2.34. The lowest BCUT2D eigenvalue weighted by Crippen LogP contribution is -2.34. The van der Waals surface area contributed by atoms with E-state index in [1.807, 2.05) is 12.1 Å². The molecule has 0 amide bonds. The minimum atomic E-state index is -3.40. The standard InChI is InChI=1S/C19H17ClN2O3S/c1-19(2)16(11-21)18(12-4-6-13(20)7-5-12)15-9-8-14(10-17(15)25-19)22-26(3,23)24/h4-10,22H,1-3H3. The van der Waals surface area contributed by atoms with Gasteiger partial charge in [-0.3, -0.25) is 4.72 Å². The molecule has 5 nitrogen and oxygen atoms in total. The maximum Gasteiger partial charge on any atom is 0.229 e. The Morgan fingerprint density at radius 2 is 1.81 bits per heavy atom. The first kappa shape index (κ1) is 18.3. The summed E-state index contributed by atoms with van der Waals surface area (Å²) in [5.41, 5.74) is 2.35. The van der Waals surface area contributed by atoms with Gasteiger partial charge in [-0.2, -0.15) is 5.26 Å². The van der Waals surface area contributed by atoms with Gasteiger partial charge < -0.3 is 4.74 Å². The molecular weight excluding hydrogens is 372 g/mol. The largest absolute Gasteiger partial charge is 0.482 e. The van der Waals surface area contributed by atoms with E-state index in [2.05, 4.69) is 10.8 Å². The van der Waals surface area contributed by atoms with Crippen LogP contribution in [0.25, 0.3) is 5.57 Å². The molecule has 0 atom stereocenters. The first-order valence-electron chi connectivity index (χ1n) is 7.83. The number of nitrogens with one attached hydrogen (secondary N) is 1. The maximum atomic E-state index is 11.5. The third-order valence-corrected chi connectivity index (χ3v) is 4.87. The molecule has 3 rings (SSSR count). The van der Waals surface area contributed by atoms with E-state index in [-0.39, 0.29) is 0 Å². The van der Waals surface area contributed by atoms with Crippen molar-refractivity contribution in [1.82, 2.24) is 0 Å². The van der Waals surface area contributed by atoms with Gasteiger partial charge in [0.1, 0.15) is 11.4 Å². The average molecular weight is 389 g/mol. The number of sulfonamides is 1. The van der Waals surface area contributed by atoms with Crippen LogP contribution in [0.1, 0.15) is 25.0 Å². The summed E-state index contributed by atoms with van der Waals surface area (Å²) in [7, 11) is -3.40. The molecule has 1 aliphatic heterocycles. The van der Waals surface area contributed by atoms with E-state index in [4.69, 9.17) is 16.3 Å². The van der Waals surface area contributed by atoms with Crippen LogP contribution in [0.3, 0.4) is 0 Å². The topological polar surface area (TPSA) is 79.2 Å². The Bertz CT molecular complexity index is 1050. The minimum Gasteiger partial charge on any atom is -0.482 e. The van der Waals surface area contributed by atoms with Gasteiger partial charge in [0, 0.05) is 22.2 Å². The first-order chi connectivity index (χ1) is 12.1. The van der Waals surface area contributed by atoms with Crippen molar-refractivity contribution in [3.05, 3.63) is 64.2 Å². The molecule has 2 aromatic rings. The Labute approximate surface area is 157 Å². The van der Waals surface area contributed by atoms with E-state index in [9.17, 15) is 13.7 Å². The molecule has 0 aromatic heterocycles. The van der Waals surface area contributed by atoms with Crippen LogP contribution in [-0.4, -0.2) is 20.3 Å². The number of halogens is 1. The number of rotatable bonds is 3. The van der Waals surface area contributed by atoms with Gasteiger partial charge in [0.25, 0.3) is 0 Å². The van der Waals surface area contributed by atoms with E-state index in [0.717, 1.165) is 23.0 Å². The Kier molecular flexibility index (Phi) is 4.47. The van der Waals surface area contributed by atoms with Gasteiger partial charge in [0.05, 0.1) is 23.6 Å². The zero-order valence-electron chi connectivity index (χ0n) is 14.5. The van der Waals surface area contributed by atoms with Crippen molar-refractivity contribution in [2.45, 2.75) is 19.4 Å². The van der Waals surface area contributed by atoms with E-state index in [1.165, 1.54) is 0 Å². The van der Waals surface area contributed by atoms with Gasteiger partial charge in [-0.25, -0.2) is 8.42 Å². The van der Waals surface area contributed by atoms with Gasteiger partial charge in [0.2, 0.25) is 10.0 Å². The average Bonchev–Trinajstić information content (AvgIpc) is 2.52. The number of anilines is 1. The molecule has 0 fully saturated rings. The van der Waals surface area contributed by atoms with Gasteiger partial charge in [-0.05, 0) is 43.7 Å². The van der Waals surface area contributed by atoms with Crippen LogP contribution in [0, 0.1) is 11.3 Å². The number of ether oxygens (including phenoxy) is 1. The van der Waals surface area contributed by atoms with Crippen molar-refractivity contribution in [3.63, 3.8) is 0 Å². The highest BCUT2D eigenvalue weighted by molar-refractivity contribution is 7.92. The summed E-state index contributed by atoms with van der Waals surface area (Å²) in [5.74, 6) is 0.507. The molecular formula is C19H17ClN2O3S. The lowest BCUT2D eigenvalue weighted by atomic mass is 9.83. The molecule has 2 aromatic carbocycles. The Hall–Kier alpha value is -2.49. The molecule has 1 heterocycles. The van der Waals surface area contributed by atoms with E-state index in [1.54, 1.807) is 44.2 Å². The van der Waals surface area contributed by atoms with Gasteiger partial charge >= 0.3 is 0 Å². The van der Waals surface area contributed by atoms with Crippen molar-refractivity contribution in [3.8, 4) is 11.8 Å². The fraction of sp³-hybridized carbons (Fsp3) is 0.211. The smallest absolute Gasteiger partial charge is 0.229 e. The third kappa shape index (κ3) is 3.55. The van der Waals surface area contributed by atoms with Gasteiger partial charge in [0.15, 0.2) is 0 Å². The zero-order chi connectivity index (χ0) is 19.1. The molecule has 0 saturated carbocycles. The monoisotopic (exact) mass is 388 g/mol. The number of nitrogens with zero attached hydrogens (tertiary/aromatic N) is 1. The summed E-state index contributed by atoms with van der Waals surface area (Å²) in [6.45, 7) is 3.61. The molecule has 26 heavy (non-hydrogen) atoms. The van der Waals surface area contributed by atoms with Crippen LogP contribution in [0.5, 0.6) is 5.75 Å². The Morgan fingerprint density at radius 3 is 2.38 bits per heavy atom. The van der Waals surface area contributed by atoms with Gasteiger partial charge in [-0.15, -0.1) is 0 Å². The summed E-state index contributed by atoms with van der Waals surface area (Å²) in [5, 5.41) is 10.3. The second kappa shape index (κ2) is 6.35. The molecule has 1 aliphatic rings. The van der Waals surface area contributed by atoms with Crippen LogP contribution in [0.2, 0.25) is 5.02 Å². The summed E-state index contributed by atoms with van der Waals surface area (Å²) in [6, 6.07) is 14.5. The van der Waals surface area contributed by atoms with Crippen LogP contribution in [0.4, 0.5) is 5.69 Å². The summed E-state index contributed by atoms with van der Waals surface area (Å²) < 4.78 is 31.4. The second-order valence-corrected chi connectivity index (χ2v) is 8.75. The van der Waals surface area contributed by atoms with E-state index in [0.29, 0.717) is 22.0 Å². The number of nitriles is 1. The SMILES string of the molecule is CC1(C)Oc2cc(NS(C)(=O)=O)ccc2C(c2ccc(Cl)cc2)=C1C#N. The summed E-state index contributed by atoms with van der Waals surface area (Å²) >= 11 is 5.99. The normalized spacial score (nSPS) is 15.7. The van der Waals surface area contributed by atoms with Gasteiger partial charge in [-0.1, -0.05) is 23.7 Å². The summed E-state index contributed by atoms with van der Waals surface area (Å²) in [6.07, 6.45) is 1.09. The third-order valence-electron chi connectivity index (χ3n) is 4.02. The predicted octanol–water partition coefficient (Wildman–Crippen LogP) is 4.21. The Morgan fingerprint density at radius 1 is 1.15 bits per heavy atom.